The van der Waals surface area contributed by atoms with E-state index < -0.39 is 5.97 Å². The number of carboxylic acid groups (broad SMARTS) is 1. The van der Waals surface area contributed by atoms with Gasteiger partial charge in [0.2, 0.25) is 0 Å². The van der Waals surface area contributed by atoms with E-state index in [4.69, 9.17) is 10.2 Å². The highest BCUT2D eigenvalue weighted by Crippen LogP contribution is 2.15. The van der Waals surface area contributed by atoms with Gasteiger partial charge in [-0.3, -0.25) is 0 Å². The Morgan fingerprint density at radius 2 is 2.00 bits per heavy atom. The van der Waals surface area contributed by atoms with E-state index in [-0.39, 0.29) is 12.2 Å². The van der Waals surface area contributed by atoms with E-state index in [2.05, 4.69) is 4.74 Å². The summed E-state index contributed by atoms with van der Waals surface area (Å²) in [6.45, 7) is -0.0589. The third kappa shape index (κ3) is 2.82. The van der Waals surface area contributed by atoms with Gasteiger partial charge in [0.25, 0.3) is 0 Å². The molecule has 0 bridgehead atoms. The zero-order valence-electron chi connectivity index (χ0n) is 8.30. The fourth-order valence-electron chi connectivity index (χ4n) is 1.15. The molecule has 0 saturated heterocycles. The minimum atomic E-state index is -1.05. The smallest absolute Gasteiger partial charge is 0.339 e. The van der Waals surface area contributed by atoms with Crippen LogP contribution in [0.25, 0.3) is 5.57 Å². The number of ether oxygens (including phenoxy) is 1. The lowest BCUT2D eigenvalue weighted by Gasteiger charge is -2.03. The summed E-state index contributed by atoms with van der Waals surface area (Å²) < 4.78 is 4.68. The second-order valence-corrected chi connectivity index (χ2v) is 2.93. The Kier molecular flexibility index (Phi) is 3.88. The minimum absolute atomic E-state index is 0.0589. The maximum atomic E-state index is 10.8. The van der Waals surface area contributed by atoms with Gasteiger partial charge in [0, 0.05) is 0 Å². The van der Waals surface area contributed by atoms with Crippen LogP contribution in [0.5, 0.6) is 0 Å². The van der Waals surface area contributed by atoms with E-state index in [1.807, 2.05) is 0 Å². The standard InChI is InChI=1S/C11H12O4/c1-15-7-10(11(13)14)9-4-2-8(6-12)3-5-9/h2-5,7,12H,6H2,1H3,(H,13,14). The number of methoxy groups -OCH3 is 1. The quantitative estimate of drug-likeness (QED) is 0.577. The molecule has 0 atom stereocenters. The molecule has 0 aliphatic carbocycles. The van der Waals surface area contributed by atoms with Crippen molar-refractivity contribution in [1.82, 2.24) is 0 Å². The fraction of sp³-hybridized carbons (Fsp3) is 0.182. The Hall–Kier alpha value is -1.81. The van der Waals surface area contributed by atoms with Gasteiger partial charge in [0.1, 0.15) is 5.57 Å². The number of aliphatic hydroxyl groups excluding tert-OH is 1. The number of hydrogen-bond donors (Lipinski definition) is 2. The Labute approximate surface area is 87.4 Å². The normalized spacial score (nSPS) is 11.2. The summed E-state index contributed by atoms with van der Waals surface area (Å²) in [6, 6.07) is 6.60. The molecule has 0 amide bonds. The molecule has 0 saturated carbocycles. The zero-order valence-corrected chi connectivity index (χ0v) is 8.30. The van der Waals surface area contributed by atoms with Gasteiger partial charge in [0.05, 0.1) is 20.0 Å². The molecule has 0 aliphatic rings. The monoisotopic (exact) mass is 208 g/mol. The lowest BCUT2D eigenvalue weighted by Crippen LogP contribution is -2.00. The van der Waals surface area contributed by atoms with Crippen molar-refractivity contribution in [2.24, 2.45) is 0 Å². The Balaban J connectivity index is 3.02. The highest BCUT2D eigenvalue weighted by atomic mass is 16.5. The van der Waals surface area contributed by atoms with Crippen LogP contribution in [-0.4, -0.2) is 23.3 Å². The summed E-state index contributed by atoms with van der Waals surface area (Å²) in [5.41, 5.74) is 1.37. The number of rotatable bonds is 4. The van der Waals surface area contributed by atoms with Crippen molar-refractivity contribution in [3.8, 4) is 0 Å². The number of carboxylic acids is 1. The van der Waals surface area contributed by atoms with Crippen molar-refractivity contribution in [3.63, 3.8) is 0 Å². The van der Waals surface area contributed by atoms with Crippen molar-refractivity contribution in [3.05, 3.63) is 41.7 Å². The van der Waals surface area contributed by atoms with E-state index in [1.165, 1.54) is 13.4 Å². The van der Waals surface area contributed by atoms with Gasteiger partial charge in [-0.15, -0.1) is 0 Å². The number of carbonyl (C=O) groups is 1. The van der Waals surface area contributed by atoms with Crippen molar-refractivity contribution in [1.29, 1.82) is 0 Å². The second kappa shape index (κ2) is 5.17. The first-order valence-electron chi connectivity index (χ1n) is 4.35. The van der Waals surface area contributed by atoms with E-state index in [9.17, 15) is 4.79 Å². The highest BCUT2D eigenvalue weighted by Gasteiger charge is 2.10. The Bertz CT molecular complexity index is 365. The van der Waals surface area contributed by atoms with Crippen molar-refractivity contribution in [2.75, 3.05) is 7.11 Å². The molecule has 0 unspecified atom stereocenters. The zero-order chi connectivity index (χ0) is 11.3. The van der Waals surface area contributed by atoms with Gasteiger partial charge in [-0.2, -0.15) is 0 Å². The SMILES string of the molecule is COC=C(C(=O)O)c1ccc(CO)cc1. The van der Waals surface area contributed by atoms with Gasteiger partial charge in [0.15, 0.2) is 0 Å². The highest BCUT2D eigenvalue weighted by molar-refractivity contribution is 6.15. The first kappa shape index (κ1) is 11.3. The molecule has 0 heterocycles. The van der Waals surface area contributed by atoms with Crippen LogP contribution in [0, 0.1) is 0 Å². The van der Waals surface area contributed by atoms with Gasteiger partial charge in [-0.25, -0.2) is 4.79 Å². The van der Waals surface area contributed by atoms with Crippen LogP contribution in [-0.2, 0) is 16.1 Å². The van der Waals surface area contributed by atoms with E-state index in [0.29, 0.717) is 5.56 Å². The molecule has 2 N–H and O–H groups in total. The van der Waals surface area contributed by atoms with E-state index in [0.717, 1.165) is 5.56 Å². The van der Waals surface area contributed by atoms with Gasteiger partial charge in [-0.1, -0.05) is 24.3 Å². The van der Waals surface area contributed by atoms with Gasteiger partial charge >= 0.3 is 5.97 Å². The number of aliphatic hydroxyl groups is 1. The second-order valence-electron chi connectivity index (χ2n) is 2.93. The van der Waals surface area contributed by atoms with Crippen LogP contribution >= 0.6 is 0 Å². The fourth-order valence-corrected chi connectivity index (χ4v) is 1.15. The molecule has 4 heteroatoms. The summed E-state index contributed by atoms with van der Waals surface area (Å²) in [6.07, 6.45) is 1.18. The molecule has 0 aromatic heterocycles. The van der Waals surface area contributed by atoms with E-state index >= 15 is 0 Å². The molecule has 1 aromatic rings. The molecule has 0 aliphatic heterocycles. The van der Waals surface area contributed by atoms with Crippen molar-refractivity contribution >= 4 is 11.5 Å². The third-order valence-corrected chi connectivity index (χ3v) is 1.91. The number of aliphatic carboxylic acids is 1. The lowest BCUT2D eigenvalue weighted by atomic mass is 10.1. The molecule has 15 heavy (non-hydrogen) atoms. The summed E-state index contributed by atoms with van der Waals surface area (Å²) in [5, 5.41) is 17.7. The minimum Gasteiger partial charge on any atom is -0.503 e. The third-order valence-electron chi connectivity index (χ3n) is 1.91. The summed E-state index contributed by atoms with van der Waals surface area (Å²) in [7, 11) is 1.39. The molecular formula is C11H12O4. The molecule has 0 radical (unpaired) electrons. The number of hydrogen-bond acceptors (Lipinski definition) is 3. The maximum Gasteiger partial charge on any atom is 0.339 e. The molecule has 1 aromatic carbocycles. The largest absolute Gasteiger partial charge is 0.503 e. The van der Waals surface area contributed by atoms with Crippen molar-refractivity contribution < 1.29 is 19.7 Å². The first-order valence-corrected chi connectivity index (χ1v) is 4.35. The molecule has 80 valence electrons. The van der Waals surface area contributed by atoms with Crippen LogP contribution in [0.3, 0.4) is 0 Å². The van der Waals surface area contributed by atoms with Crippen LogP contribution < -0.4 is 0 Å². The van der Waals surface area contributed by atoms with Crippen molar-refractivity contribution in [2.45, 2.75) is 6.61 Å². The van der Waals surface area contributed by atoms with Gasteiger partial charge < -0.3 is 14.9 Å². The summed E-state index contributed by atoms with van der Waals surface area (Å²) >= 11 is 0. The molecule has 1 rings (SSSR count). The average molecular weight is 208 g/mol. The first-order chi connectivity index (χ1) is 7.19. The molecular weight excluding hydrogens is 196 g/mol. The summed E-state index contributed by atoms with van der Waals surface area (Å²) in [5.74, 6) is -1.05. The number of benzene rings is 1. The molecule has 0 fully saturated rings. The molecule has 4 nitrogen and oxygen atoms in total. The van der Waals surface area contributed by atoms with Crippen LogP contribution in [0.2, 0.25) is 0 Å². The van der Waals surface area contributed by atoms with E-state index in [1.54, 1.807) is 24.3 Å². The Morgan fingerprint density at radius 3 is 2.40 bits per heavy atom. The van der Waals surface area contributed by atoms with Crippen LogP contribution in [0.4, 0.5) is 0 Å². The predicted octanol–water partition coefficient (Wildman–Crippen LogP) is 1.25. The van der Waals surface area contributed by atoms with Crippen LogP contribution in [0.1, 0.15) is 11.1 Å². The molecule has 0 spiro atoms. The van der Waals surface area contributed by atoms with Crippen LogP contribution in [0.15, 0.2) is 30.5 Å². The summed E-state index contributed by atoms with van der Waals surface area (Å²) in [4.78, 5) is 10.8. The average Bonchev–Trinajstić information content (AvgIpc) is 2.26. The maximum absolute atomic E-state index is 10.8. The Morgan fingerprint density at radius 1 is 1.40 bits per heavy atom. The topological polar surface area (TPSA) is 66.8 Å². The predicted molar refractivity (Wildman–Crippen MR) is 55.0 cm³/mol. The van der Waals surface area contributed by atoms with Gasteiger partial charge in [-0.05, 0) is 11.1 Å². The lowest BCUT2D eigenvalue weighted by molar-refractivity contribution is -0.130.